The Morgan fingerprint density at radius 2 is 1.42 bits per heavy atom. The lowest BCUT2D eigenvalue weighted by Gasteiger charge is -2.06. The van der Waals surface area contributed by atoms with Crippen molar-refractivity contribution in [3.05, 3.63) is 120 Å². The molecule has 3 nitrogen and oxygen atoms in total. The summed E-state index contributed by atoms with van der Waals surface area (Å²) in [6.07, 6.45) is 4.20. The fourth-order valence-corrected chi connectivity index (χ4v) is 3.79. The van der Waals surface area contributed by atoms with Gasteiger partial charge in [-0.05, 0) is 41.5 Å². The van der Waals surface area contributed by atoms with Crippen molar-refractivity contribution < 1.29 is 13.9 Å². The molecular formula is C30H24O3. The van der Waals surface area contributed by atoms with E-state index in [0.29, 0.717) is 6.61 Å². The van der Waals surface area contributed by atoms with Crippen LogP contribution >= 0.6 is 0 Å². The maximum atomic E-state index is 6.35. The van der Waals surface area contributed by atoms with Gasteiger partial charge in [0.15, 0.2) is 0 Å². The number of furan rings is 1. The lowest BCUT2D eigenvalue weighted by atomic mass is 10.0. The summed E-state index contributed by atoms with van der Waals surface area (Å²) in [5.74, 6) is 2.47. The van der Waals surface area contributed by atoms with Gasteiger partial charge in [0.25, 0.3) is 0 Å². The normalized spacial score (nSPS) is 11.2. The Hall–Kier alpha value is -4.24. The number of rotatable bonds is 7. The molecular weight excluding hydrogens is 408 g/mol. The molecule has 0 aliphatic heterocycles. The fourth-order valence-electron chi connectivity index (χ4n) is 3.79. The van der Waals surface area contributed by atoms with Crippen LogP contribution in [0.15, 0.2) is 108 Å². The molecule has 0 aliphatic rings. The summed E-state index contributed by atoms with van der Waals surface area (Å²) in [5.41, 5.74) is 5.10. The summed E-state index contributed by atoms with van der Waals surface area (Å²) in [5, 5.41) is 1.05. The van der Waals surface area contributed by atoms with E-state index in [0.717, 1.165) is 50.5 Å². The summed E-state index contributed by atoms with van der Waals surface area (Å²) in [6, 6.07) is 34.4. The Labute approximate surface area is 193 Å². The Bertz CT molecular complexity index is 1370. The zero-order valence-corrected chi connectivity index (χ0v) is 18.4. The van der Waals surface area contributed by atoms with Crippen LogP contribution in [0.25, 0.3) is 34.4 Å². The van der Waals surface area contributed by atoms with Crippen LogP contribution in [0.3, 0.4) is 0 Å². The van der Waals surface area contributed by atoms with Crippen LogP contribution in [0.4, 0.5) is 0 Å². The first-order valence-electron chi connectivity index (χ1n) is 10.9. The molecule has 0 N–H and O–H groups in total. The molecule has 1 heterocycles. The highest BCUT2D eigenvalue weighted by atomic mass is 16.5. The Morgan fingerprint density at radius 3 is 2.15 bits per heavy atom. The molecule has 0 fully saturated rings. The summed E-state index contributed by atoms with van der Waals surface area (Å²) in [7, 11) is 1.67. The van der Waals surface area contributed by atoms with Crippen LogP contribution in [0.1, 0.15) is 16.7 Å². The zero-order valence-electron chi connectivity index (χ0n) is 18.4. The van der Waals surface area contributed by atoms with Gasteiger partial charge in [0.05, 0.1) is 7.11 Å². The zero-order chi connectivity index (χ0) is 22.5. The van der Waals surface area contributed by atoms with Crippen LogP contribution in [0.5, 0.6) is 11.5 Å². The van der Waals surface area contributed by atoms with Crippen LogP contribution in [0, 0.1) is 0 Å². The van der Waals surface area contributed by atoms with Crippen molar-refractivity contribution in [3.8, 4) is 22.8 Å². The van der Waals surface area contributed by atoms with Gasteiger partial charge in [-0.25, -0.2) is 0 Å². The highest BCUT2D eigenvalue weighted by Crippen LogP contribution is 2.36. The Morgan fingerprint density at radius 1 is 0.727 bits per heavy atom. The molecule has 162 valence electrons. The number of benzene rings is 4. The minimum absolute atomic E-state index is 0.517. The fraction of sp³-hybridized carbons (Fsp3) is 0.0667. The second-order valence-electron chi connectivity index (χ2n) is 7.75. The number of hydrogen-bond acceptors (Lipinski definition) is 3. The number of fused-ring (bicyclic) bond motifs is 1. The molecule has 0 aliphatic carbocycles. The topological polar surface area (TPSA) is 31.6 Å². The largest absolute Gasteiger partial charge is 0.497 e. The highest BCUT2D eigenvalue weighted by Gasteiger charge is 2.15. The predicted molar refractivity (Wildman–Crippen MR) is 134 cm³/mol. The monoisotopic (exact) mass is 432 g/mol. The van der Waals surface area contributed by atoms with E-state index in [1.807, 2.05) is 72.8 Å². The maximum Gasteiger partial charge on any atom is 0.142 e. The average molecular weight is 433 g/mol. The third kappa shape index (κ3) is 4.68. The number of methoxy groups -OCH3 is 1. The van der Waals surface area contributed by atoms with Gasteiger partial charge >= 0.3 is 0 Å². The Kier molecular flexibility index (Phi) is 5.94. The molecule has 0 spiro atoms. The summed E-state index contributed by atoms with van der Waals surface area (Å²) in [6.45, 7) is 0.517. The molecule has 0 atom stereocenters. The molecule has 0 saturated carbocycles. The van der Waals surface area contributed by atoms with E-state index < -0.39 is 0 Å². The smallest absolute Gasteiger partial charge is 0.142 e. The van der Waals surface area contributed by atoms with Crippen molar-refractivity contribution in [2.75, 3.05) is 7.11 Å². The molecule has 4 aromatic carbocycles. The van der Waals surface area contributed by atoms with Gasteiger partial charge in [0.1, 0.15) is 29.4 Å². The molecule has 0 radical (unpaired) electrons. The van der Waals surface area contributed by atoms with E-state index in [-0.39, 0.29) is 0 Å². The SMILES string of the molecule is COc1ccc(/C=C/c2c(-c3ccccc3)oc3cc(OCc4ccccc4)ccc23)cc1. The number of hydrogen-bond donors (Lipinski definition) is 0. The molecule has 3 heteroatoms. The molecule has 0 unspecified atom stereocenters. The van der Waals surface area contributed by atoms with E-state index in [1.165, 1.54) is 0 Å². The summed E-state index contributed by atoms with van der Waals surface area (Å²) < 4.78 is 17.6. The molecule has 0 saturated heterocycles. The Balaban J connectivity index is 1.50. The first kappa shape index (κ1) is 20.7. The van der Waals surface area contributed by atoms with Gasteiger partial charge in [-0.2, -0.15) is 0 Å². The van der Waals surface area contributed by atoms with Gasteiger partial charge in [-0.15, -0.1) is 0 Å². The predicted octanol–water partition coefficient (Wildman–Crippen LogP) is 7.86. The average Bonchev–Trinajstić information content (AvgIpc) is 3.25. The minimum Gasteiger partial charge on any atom is -0.497 e. The second-order valence-corrected chi connectivity index (χ2v) is 7.75. The van der Waals surface area contributed by atoms with Gasteiger partial charge < -0.3 is 13.9 Å². The van der Waals surface area contributed by atoms with Crippen LogP contribution in [-0.2, 0) is 6.61 Å². The van der Waals surface area contributed by atoms with Crippen LogP contribution in [-0.4, -0.2) is 7.11 Å². The third-order valence-corrected chi connectivity index (χ3v) is 5.54. The number of ether oxygens (including phenoxy) is 2. The maximum absolute atomic E-state index is 6.35. The van der Waals surface area contributed by atoms with Crippen LogP contribution < -0.4 is 9.47 Å². The standard InChI is InChI=1S/C30H24O3/c1-31-25-15-12-22(13-16-25)14-18-28-27-19-17-26(32-21-23-8-4-2-5-9-23)20-29(27)33-30(28)24-10-6-3-7-11-24/h2-20H,21H2,1H3/b18-14+. The van der Waals surface area contributed by atoms with Gasteiger partial charge in [0, 0.05) is 22.6 Å². The first-order chi connectivity index (χ1) is 16.3. The van der Waals surface area contributed by atoms with E-state index in [4.69, 9.17) is 13.9 Å². The molecule has 5 aromatic rings. The van der Waals surface area contributed by atoms with Gasteiger partial charge in [-0.1, -0.05) is 78.9 Å². The van der Waals surface area contributed by atoms with E-state index in [1.54, 1.807) is 7.11 Å². The quantitative estimate of drug-likeness (QED) is 0.262. The summed E-state index contributed by atoms with van der Waals surface area (Å²) in [4.78, 5) is 0. The van der Waals surface area contributed by atoms with Gasteiger partial charge in [0.2, 0.25) is 0 Å². The van der Waals surface area contributed by atoms with Crippen molar-refractivity contribution in [1.29, 1.82) is 0 Å². The molecule has 33 heavy (non-hydrogen) atoms. The first-order valence-corrected chi connectivity index (χ1v) is 10.9. The summed E-state index contributed by atoms with van der Waals surface area (Å²) >= 11 is 0. The van der Waals surface area contributed by atoms with Crippen LogP contribution in [0.2, 0.25) is 0 Å². The lowest BCUT2D eigenvalue weighted by Crippen LogP contribution is -1.94. The van der Waals surface area contributed by atoms with Crippen molar-refractivity contribution >= 4 is 23.1 Å². The molecule has 0 bridgehead atoms. The van der Waals surface area contributed by atoms with E-state index in [9.17, 15) is 0 Å². The van der Waals surface area contributed by atoms with Crippen molar-refractivity contribution in [3.63, 3.8) is 0 Å². The van der Waals surface area contributed by atoms with Crippen molar-refractivity contribution in [2.24, 2.45) is 0 Å². The van der Waals surface area contributed by atoms with Crippen molar-refractivity contribution in [2.45, 2.75) is 6.61 Å². The molecule has 1 aromatic heterocycles. The highest BCUT2D eigenvalue weighted by molar-refractivity contribution is 5.97. The van der Waals surface area contributed by atoms with E-state index >= 15 is 0 Å². The second kappa shape index (κ2) is 9.49. The van der Waals surface area contributed by atoms with Crippen molar-refractivity contribution in [1.82, 2.24) is 0 Å². The molecule has 0 amide bonds. The lowest BCUT2D eigenvalue weighted by molar-refractivity contribution is 0.306. The van der Waals surface area contributed by atoms with Gasteiger partial charge in [-0.3, -0.25) is 0 Å². The minimum atomic E-state index is 0.517. The third-order valence-electron chi connectivity index (χ3n) is 5.54. The van der Waals surface area contributed by atoms with E-state index in [2.05, 4.69) is 42.5 Å². The molecule has 5 rings (SSSR count).